The van der Waals surface area contributed by atoms with E-state index in [-0.39, 0.29) is 32.6 Å². The smallest absolute Gasteiger partial charge is 0.357 e. The summed E-state index contributed by atoms with van der Waals surface area (Å²) in [5.41, 5.74) is 1.94. The van der Waals surface area contributed by atoms with Gasteiger partial charge in [0.25, 0.3) is 0 Å². The average molecular weight is 421 g/mol. The van der Waals surface area contributed by atoms with Crippen LogP contribution in [0.25, 0.3) is 0 Å². The van der Waals surface area contributed by atoms with Crippen LogP contribution in [0.15, 0.2) is 60.7 Å². The molecule has 0 N–H and O–H groups in total. The van der Waals surface area contributed by atoms with Crippen LogP contribution in [0.4, 0.5) is 0 Å². The predicted octanol–water partition coefficient (Wildman–Crippen LogP) is 1.59. The van der Waals surface area contributed by atoms with Crippen molar-refractivity contribution < 1.29 is 30.7 Å². The Morgan fingerprint density at radius 1 is 0.957 bits per heavy atom. The van der Waals surface area contributed by atoms with Crippen molar-refractivity contribution in [3.05, 3.63) is 73.4 Å². The van der Waals surface area contributed by atoms with Crippen LogP contribution in [0, 0.1) is 7.14 Å². The van der Waals surface area contributed by atoms with Crippen LogP contribution in [0.3, 0.4) is 0 Å². The number of hydrogen-bond donors (Lipinski definition) is 0. The summed E-state index contributed by atoms with van der Waals surface area (Å²) in [4.78, 5) is 11.5. The second kappa shape index (κ2) is 7.30. The number of carbonyl (C=O) groups excluding carboxylic acids is 1. The van der Waals surface area contributed by atoms with Gasteiger partial charge in [0.2, 0.25) is 0 Å². The molecule has 0 radical (unpaired) electrons. The molecule has 0 fully saturated rings. The van der Waals surface area contributed by atoms with E-state index in [1.54, 1.807) is 6.92 Å². The first-order valence-electron chi connectivity index (χ1n) is 7.49. The van der Waals surface area contributed by atoms with Gasteiger partial charge in [0.15, 0.2) is 7.14 Å². The second-order valence-corrected chi connectivity index (χ2v) is 9.51. The van der Waals surface area contributed by atoms with Gasteiger partial charge >= 0.3 is 27.2 Å². The SMILES string of the molecule is C=C(C)C(=O)Oc1ccc([I+]c2ccc(C(C)(C)C)cc2)cc1. The summed E-state index contributed by atoms with van der Waals surface area (Å²) >= 11 is -0.225. The van der Waals surface area contributed by atoms with Crippen LogP contribution in [0.1, 0.15) is 33.3 Å². The standard InChI is InChI=1S/C20H22IO2/c1-14(2)19(22)23-18-12-10-17(11-13-18)21-16-8-6-15(7-9-16)20(3,4)5/h6-13H,1H2,2-5H3/q+1. The zero-order valence-corrected chi connectivity index (χ0v) is 16.2. The zero-order valence-electron chi connectivity index (χ0n) is 14.0. The summed E-state index contributed by atoms with van der Waals surface area (Å²) in [5, 5.41) is 0. The Bertz CT molecular complexity index is 692. The molecule has 0 bridgehead atoms. The summed E-state index contributed by atoms with van der Waals surface area (Å²) in [6, 6.07) is 16.7. The van der Waals surface area contributed by atoms with Crippen LogP contribution in [-0.4, -0.2) is 5.97 Å². The van der Waals surface area contributed by atoms with Crippen molar-refractivity contribution in [2.45, 2.75) is 33.1 Å². The maximum atomic E-state index is 11.5. The lowest BCUT2D eigenvalue weighted by molar-refractivity contribution is -0.597. The molecule has 0 saturated heterocycles. The summed E-state index contributed by atoms with van der Waals surface area (Å²) in [7, 11) is 0. The fraction of sp³-hybridized carbons (Fsp3) is 0.250. The molecule has 0 aliphatic carbocycles. The van der Waals surface area contributed by atoms with Crippen molar-refractivity contribution in [2.75, 3.05) is 0 Å². The molecule has 2 rings (SSSR count). The first-order chi connectivity index (χ1) is 10.8. The lowest BCUT2D eigenvalue weighted by Gasteiger charge is -2.18. The molecular weight excluding hydrogens is 399 g/mol. The third-order valence-electron chi connectivity index (χ3n) is 3.30. The predicted molar refractivity (Wildman–Crippen MR) is 89.4 cm³/mol. The monoisotopic (exact) mass is 421 g/mol. The molecule has 3 heteroatoms. The van der Waals surface area contributed by atoms with Gasteiger partial charge < -0.3 is 4.74 Å². The number of hydrogen-bond acceptors (Lipinski definition) is 2. The summed E-state index contributed by atoms with van der Waals surface area (Å²) in [6.07, 6.45) is 0. The molecule has 2 aromatic carbocycles. The van der Waals surface area contributed by atoms with E-state index in [2.05, 4.69) is 51.6 Å². The topological polar surface area (TPSA) is 26.3 Å². The quantitative estimate of drug-likeness (QED) is 0.325. The van der Waals surface area contributed by atoms with Crippen molar-refractivity contribution in [3.63, 3.8) is 0 Å². The Hall–Kier alpha value is -1.62. The van der Waals surface area contributed by atoms with E-state index in [4.69, 9.17) is 4.74 Å². The largest absolute Gasteiger partial charge is 0.423 e. The summed E-state index contributed by atoms with van der Waals surface area (Å²) in [5.74, 6) is 0.180. The lowest BCUT2D eigenvalue weighted by atomic mass is 9.87. The minimum absolute atomic E-state index is 0.186. The number of rotatable bonds is 4. The van der Waals surface area contributed by atoms with Crippen molar-refractivity contribution in [3.8, 4) is 5.75 Å². The number of carbonyl (C=O) groups is 1. The fourth-order valence-electron chi connectivity index (χ4n) is 1.90. The first-order valence-corrected chi connectivity index (χ1v) is 9.64. The highest BCUT2D eigenvalue weighted by Gasteiger charge is 2.18. The molecule has 0 heterocycles. The normalized spacial score (nSPS) is 11.1. The maximum absolute atomic E-state index is 11.5. The average Bonchev–Trinajstić information content (AvgIpc) is 2.49. The number of esters is 1. The molecule has 0 spiro atoms. The maximum Gasteiger partial charge on any atom is 0.357 e. The molecule has 2 nitrogen and oxygen atoms in total. The van der Waals surface area contributed by atoms with E-state index >= 15 is 0 Å². The Labute approximate surface area is 148 Å². The number of halogens is 1. The third-order valence-corrected chi connectivity index (χ3v) is 5.99. The van der Waals surface area contributed by atoms with Crippen LogP contribution in [0.5, 0.6) is 5.75 Å². The molecule has 0 atom stereocenters. The van der Waals surface area contributed by atoms with Gasteiger partial charge in [0.05, 0.1) is 0 Å². The van der Waals surface area contributed by atoms with Crippen LogP contribution >= 0.6 is 0 Å². The van der Waals surface area contributed by atoms with Gasteiger partial charge in [0.1, 0.15) is 5.75 Å². The molecule has 0 unspecified atom stereocenters. The Morgan fingerprint density at radius 2 is 1.43 bits per heavy atom. The minimum Gasteiger partial charge on any atom is -0.423 e. The highest BCUT2D eigenvalue weighted by Crippen LogP contribution is 2.20. The van der Waals surface area contributed by atoms with Gasteiger partial charge in [-0.3, -0.25) is 0 Å². The number of ether oxygens (including phenoxy) is 1. The Balaban J connectivity index is 2.03. The van der Waals surface area contributed by atoms with Gasteiger partial charge in [-0.2, -0.15) is 0 Å². The zero-order chi connectivity index (χ0) is 17.0. The molecular formula is C20H22IO2+. The van der Waals surface area contributed by atoms with Crippen LogP contribution in [-0.2, 0) is 10.2 Å². The van der Waals surface area contributed by atoms with Crippen molar-refractivity contribution >= 4 is 5.97 Å². The molecule has 2 aromatic rings. The summed E-state index contributed by atoms with van der Waals surface area (Å²) in [6.45, 7) is 11.9. The van der Waals surface area contributed by atoms with E-state index in [0.717, 1.165) is 0 Å². The van der Waals surface area contributed by atoms with Crippen molar-refractivity contribution in [1.82, 2.24) is 0 Å². The molecule has 120 valence electrons. The van der Waals surface area contributed by atoms with Crippen molar-refractivity contribution in [2.24, 2.45) is 0 Å². The number of benzene rings is 2. The van der Waals surface area contributed by atoms with Crippen molar-refractivity contribution in [1.29, 1.82) is 0 Å². The molecule has 0 aromatic heterocycles. The fourth-order valence-corrected chi connectivity index (χ4v) is 4.06. The summed E-state index contributed by atoms with van der Waals surface area (Å²) < 4.78 is 7.88. The highest BCUT2D eigenvalue weighted by atomic mass is 127. The van der Waals surface area contributed by atoms with E-state index in [1.165, 1.54) is 12.7 Å². The Kier molecular flexibility index (Phi) is 5.63. The van der Waals surface area contributed by atoms with Gasteiger partial charge in [-0.15, -0.1) is 0 Å². The van der Waals surface area contributed by atoms with E-state index in [1.807, 2.05) is 24.3 Å². The van der Waals surface area contributed by atoms with E-state index < -0.39 is 0 Å². The van der Waals surface area contributed by atoms with Gasteiger partial charge in [-0.25, -0.2) is 4.79 Å². The van der Waals surface area contributed by atoms with Crippen LogP contribution < -0.4 is 25.9 Å². The lowest BCUT2D eigenvalue weighted by Crippen LogP contribution is -3.61. The molecule has 0 aliphatic heterocycles. The minimum atomic E-state index is -0.384. The highest BCUT2D eigenvalue weighted by molar-refractivity contribution is 5.88. The third kappa shape index (κ3) is 5.20. The second-order valence-electron chi connectivity index (χ2n) is 6.48. The Morgan fingerprint density at radius 3 is 1.87 bits per heavy atom. The van der Waals surface area contributed by atoms with Crippen LogP contribution in [0.2, 0.25) is 0 Å². The molecule has 0 amide bonds. The molecule has 0 aliphatic rings. The molecule has 0 saturated carbocycles. The van der Waals surface area contributed by atoms with Gasteiger partial charge in [-0.1, -0.05) is 39.5 Å². The van der Waals surface area contributed by atoms with Gasteiger partial charge in [0, 0.05) is 5.57 Å². The first kappa shape index (κ1) is 17.7. The van der Waals surface area contributed by atoms with E-state index in [9.17, 15) is 4.79 Å². The van der Waals surface area contributed by atoms with E-state index in [0.29, 0.717) is 11.3 Å². The van der Waals surface area contributed by atoms with Gasteiger partial charge in [-0.05, 0) is 54.3 Å². The molecule has 23 heavy (non-hydrogen) atoms.